The van der Waals surface area contributed by atoms with Crippen LogP contribution in [0.15, 0.2) is 23.1 Å². The third-order valence-electron chi connectivity index (χ3n) is 3.81. The number of hydrogen-bond donors (Lipinski definition) is 1. The number of hydrogen-bond acceptors (Lipinski definition) is 4. The maximum absolute atomic E-state index is 12.7. The lowest BCUT2D eigenvalue weighted by molar-refractivity contribution is -0.147. The van der Waals surface area contributed by atoms with Gasteiger partial charge in [-0.15, -0.1) is 0 Å². The van der Waals surface area contributed by atoms with Crippen LogP contribution in [-0.2, 0) is 9.59 Å². The van der Waals surface area contributed by atoms with Gasteiger partial charge in [0.25, 0.3) is 5.91 Å². The molecule has 1 aliphatic heterocycles. The first kappa shape index (κ1) is 19.2. The van der Waals surface area contributed by atoms with Gasteiger partial charge in [-0.25, -0.2) is 4.79 Å². The molecule has 1 aliphatic rings. The van der Waals surface area contributed by atoms with Crippen LogP contribution in [-0.4, -0.2) is 32.2 Å². The van der Waals surface area contributed by atoms with Gasteiger partial charge < -0.3 is 5.11 Å². The van der Waals surface area contributed by atoms with Gasteiger partial charge in [0.05, 0.1) is 4.91 Å². The summed E-state index contributed by atoms with van der Waals surface area (Å²) in [6.07, 6.45) is 2.17. The second-order valence-electron chi connectivity index (χ2n) is 5.36. The Balaban J connectivity index is 2.42. The van der Waals surface area contributed by atoms with Crippen LogP contribution in [0, 0.1) is 5.92 Å². The fourth-order valence-corrected chi connectivity index (χ4v) is 4.15. The Morgan fingerprint density at radius 2 is 2.00 bits per heavy atom. The standard InChI is InChI=1S/C16H15Cl2NO3S2/c1-3-8(2)13(15(21)22)19-14(20)12(24-16(19)23)7-9-10(17)5-4-6-11(9)18/h4-8,13H,3H2,1-2H3,(H,21,22)/b12-7-/t8-,13+/m1/s1. The van der Waals surface area contributed by atoms with Crippen LogP contribution in [0.5, 0.6) is 0 Å². The smallest absolute Gasteiger partial charge is 0.327 e. The lowest BCUT2D eigenvalue weighted by Crippen LogP contribution is -2.47. The molecular formula is C16H15Cl2NO3S2. The summed E-state index contributed by atoms with van der Waals surface area (Å²) in [5.74, 6) is -1.74. The molecule has 4 nitrogen and oxygen atoms in total. The van der Waals surface area contributed by atoms with Crippen LogP contribution in [0.1, 0.15) is 25.8 Å². The van der Waals surface area contributed by atoms with Gasteiger partial charge in [0.1, 0.15) is 10.4 Å². The van der Waals surface area contributed by atoms with Crippen LogP contribution in [0.3, 0.4) is 0 Å². The summed E-state index contributed by atoms with van der Waals surface area (Å²) < 4.78 is 0.224. The first-order valence-corrected chi connectivity index (χ1v) is 9.19. The molecule has 0 aliphatic carbocycles. The quantitative estimate of drug-likeness (QED) is 0.570. The number of carbonyl (C=O) groups is 2. The number of aliphatic carboxylic acids is 1. The number of benzene rings is 1. The molecule has 1 saturated heterocycles. The van der Waals surface area contributed by atoms with Crippen molar-refractivity contribution in [3.05, 3.63) is 38.7 Å². The summed E-state index contributed by atoms with van der Waals surface area (Å²) in [4.78, 5) is 25.8. The zero-order valence-electron chi connectivity index (χ0n) is 13.0. The number of halogens is 2. The minimum Gasteiger partial charge on any atom is -0.480 e. The molecule has 1 heterocycles. The van der Waals surface area contributed by atoms with E-state index >= 15 is 0 Å². The first-order valence-electron chi connectivity index (χ1n) is 7.21. The van der Waals surface area contributed by atoms with Gasteiger partial charge in [-0.1, -0.05) is 73.5 Å². The minimum atomic E-state index is -1.07. The molecule has 0 radical (unpaired) electrons. The largest absolute Gasteiger partial charge is 0.480 e. The van der Waals surface area contributed by atoms with Gasteiger partial charge in [0.2, 0.25) is 0 Å². The number of carboxylic acids is 1. The fraction of sp³-hybridized carbons (Fsp3) is 0.312. The van der Waals surface area contributed by atoms with E-state index in [4.69, 9.17) is 35.4 Å². The van der Waals surface area contributed by atoms with Crippen LogP contribution in [0.4, 0.5) is 0 Å². The Bertz CT molecular complexity index is 716. The molecule has 2 rings (SSSR count). The van der Waals surface area contributed by atoms with Gasteiger partial charge in [-0.2, -0.15) is 0 Å². The Kier molecular flexibility index (Phi) is 6.31. The van der Waals surface area contributed by atoms with Crippen LogP contribution < -0.4 is 0 Å². The first-order chi connectivity index (χ1) is 11.3. The van der Waals surface area contributed by atoms with E-state index in [1.54, 1.807) is 31.2 Å². The molecular weight excluding hydrogens is 389 g/mol. The highest BCUT2D eigenvalue weighted by Gasteiger charge is 2.42. The summed E-state index contributed by atoms with van der Waals surface area (Å²) in [7, 11) is 0. The molecule has 1 fully saturated rings. The van der Waals surface area contributed by atoms with Crippen LogP contribution >= 0.6 is 47.2 Å². The number of nitrogens with zero attached hydrogens (tertiary/aromatic N) is 1. The lowest BCUT2D eigenvalue weighted by atomic mass is 9.98. The molecule has 1 aromatic rings. The Labute approximate surface area is 159 Å². The van der Waals surface area contributed by atoms with E-state index in [0.29, 0.717) is 26.9 Å². The van der Waals surface area contributed by atoms with E-state index in [0.717, 1.165) is 11.8 Å². The molecule has 128 valence electrons. The van der Waals surface area contributed by atoms with E-state index in [1.165, 1.54) is 4.90 Å². The highest BCUT2D eigenvalue weighted by Crippen LogP contribution is 2.38. The summed E-state index contributed by atoms with van der Waals surface area (Å²) in [6, 6.07) is 4.05. The molecule has 8 heteroatoms. The number of carboxylic acid groups (broad SMARTS) is 1. The zero-order chi connectivity index (χ0) is 18.0. The third kappa shape index (κ3) is 3.77. The number of thioether (sulfide) groups is 1. The maximum Gasteiger partial charge on any atom is 0.327 e. The average Bonchev–Trinajstić information content (AvgIpc) is 2.78. The van der Waals surface area contributed by atoms with E-state index in [-0.39, 0.29) is 10.2 Å². The average molecular weight is 404 g/mol. The predicted octanol–water partition coefficient (Wildman–Crippen LogP) is 4.69. The van der Waals surface area contributed by atoms with Gasteiger partial charge >= 0.3 is 5.97 Å². The molecule has 1 amide bonds. The molecule has 2 atom stereocenters. The van der Waals surface area contributed by atoms with Gasteiger partial charge in [0.15, 0.2) is 0 Å². The summed E-state index contributed by atoms with van der Waals surface area (Å²) in [5, 5.41) is 10.3. The second-order valence-corrected chi connectivity index (χ2v) is 7.85. The molecule has 1 N–H and O–H groups in total. The predicted molar refractivity (Wildman–Crippen MR) is 102 cm³/mol. The topological polar surface area (TPSA) is 57.6 Å². The number of carbonyl (C=O) groups excluding carboxylic acids is 1. The van der Waals surface area contributed by atoms with E-state index < -0.39 is 17.9 Å². The van der Waals surface area contributed by atoms with E-state index in [9.17, 15) is 14.7 Å². The second kappa shape index (κ2) is 7.87. The fourth-order valence-electron chi connectivity index (χ4n) is 2.33. The van der Waals surface area contributed by atoms with Gasteiger partial charge in [-0.05, 0) is 24.1 Å². The lowest BCUT2D eigenvalue weighted by Gasteiger charge is -2.27. The Morgan fingerprint density at radius 3 is 2.50 bits per heavy atom. The SMILES string of the molecule is CC[C@@H](C)[C@@H](C(=O)O)N1C(=O)/C(=C/c2c(Cl)cccc2Cl)SC1=S. The van der Waals surface area contributed by atoms with Crippen molar-refractivity contribution < 1.29 is 14.7 Å². The molecule has 0 unspecified atom stereocenters. The summed E-state index contributed by atoms with van der Waals surface area (Å²) in [6.45, 7) is 3.66. The van der Waals surface area contributed by atoms with Gasteiger partial charge in [0, 0.05) is 15.6 Å². The summed E-state index contributed by atoms with van der Waals surface area (Å²) >= 11 is 18.5. The Morgan fingerprint density at radius 1 is 1.42 bits per heavy atom. The number of amides is 1. The highest BCUT2D eigenvalue weighted by molar-refractivity contribution is 8.26. The van der Waals surface area contributed by atoms with E-state index in [1.807, 2.05) is 6.92 Å². The van der Waals surface area contributed by atoms with E-state index in [2.05, 4.69) is 0 Å². The van der Waals surface area contributed by atoms with Crippen molar-refractivity contribution in [2.75, 3.05) is 0 Å². The number of thiocarbonyl (C=S) groups is 1. The number of rotatable bonds is 5. The van der Waals surface area contributed by atoms with Gasteiger partial charge in [-0.3, -0.25) is 9.69 Å². The highest BCUT2D eigenvalue weighted by atomic mass is 35.5. The van der Waals surface area contributed by atoms with Crippen molar-refractivity contribution in [2.24, 2.45) is 5.92 Å². The van der Waals surface area contributed by atoms with Crippen LogP contribution in [0.2, 0.25) is 10.0 Å². The minimum absolute atomic E-state index is 0.224. The molecule has 0 bridgehead atoms. The third-order valence-corrected chi connectivity index (χ3v) is 5.80. The van der Waals surface area contributed by atoms with Crippen LogP contribution in [0.25, 0.3) is 6.08 Å². The van der Waals surface area contributed by atoms with Crippen molar-refractivity contribution in [2.45, 2.75) is 26.3 Å². The summed E-state index contributed by atoms with van der Waals surface area (Å²) in [5.41, 5.74) is 0.511. The van der Waals surface area contributed by atoms with Crippen molar-refractivity contribution in [1.29, 1.82) is 0 Å². The molecule has 0 saturated carbocycles. The monoisotopic (exact) mass is 403 g/mol. The van der Waals surface area contributed by atoms with Crippen molar-refractivity contribution in [3.8, 4) is 0 Å². The zero-order valence-corrected chi connectivity index (χ0v) is 16.1. The van der Waals surface area contributed by atoms with Crippen molar-refractivity contribution in [1.82, 2.24) is 4.90 Å². The molecule has 24 heavy (non-hydrogen) atoms. The maximum atomic E-state index is 12.7. The Hall–Kier alpha value is -1.08. The molecule has 0 spiro atoms. The van der Waals surface area contributed by atoms with Crippen molar-refractivity contribution in [3.63, 3.8) is 0 Å². The normalized spacial score (nSPS) is 19.0. The molecule has 0 aromatic heterocycles. The van der Waals surface area contributed by atoms with Crippen molar-refractivity contribution >= 4 is 69.5 Å². The molecule has 1 aromatic carbocycles.